The van der Waals surface area contributed by atoms with Gasteiger partial charge in [0, 0.05) is 12.0 Å². The first-order valence-corrected chi connectivity index (χ1v) is 8.96. The minimum atomic E-state index is -0.190. The van der Waals surface area contributed by atoms with Gasteiger partial charge in [0.1, 0.15) is 5.00 Å². The highest BCUT2D eigenvalue weighted by Gasteiger charge is 2.17. The standard InChI is InChI=1S/C21H19NO2S/c1-14-6-5-8-16(12-14)13-19(23)18-10-11-25-21(18)22-20(24)17-9-4-3-7-15(17)2/h3-12H,13H2,1-2H3,(H,22,24). The molecule has 1 amide bonds. The van der Waals surface area contributed by atoms with Crippen molar-refractivity contribution in [2.24, 2.45) is 0 Å². The van der Waals surface area contributed by atoms with Gasteiger partial charge in [-0.1, -0.05) is 48.0 Å². The molecule has 3 aromatic rings. The highest BCUT2D eigenvalue weighted by atomic mass is 32.1. The van der Waals surface area contributed by atoms with E-state index in [0.29, 0.717) is 22.5 Å². The zero-order valence-electron chi connectivity index (χ0n) is 14.2. The van der Waals surface area contributed by atoms with Gasteiger partial charge in [-0.05, 0) is 42.5 Å². The van der Waals surface area contributed by atoms with Crippen LogP contribution in [0.25, 0.3) is 0 Å². The van der Waals surface area contributed by atoms with Crippen molar-refractivity contribution in [3.8, 4) is 0 Å². The van der Waals surface area contributed by atoms with Crippen LogP contribution in [0.3, 0.4) is 0 Å². The molecule has 0 saturated carbocycles. The zero-order valence-corrected chi connectivity index (χ0v) is 15.0. The molecule has 0 aliphatic carbocycles. The number of Topliss-reactive ketones (excluding diaryl/α,β-unsaturated/α-hetero) is 1. The topological polar surface area (TPSA) is 46.2 Å². The molecule has 0 bridgehead atoms. The van der Waals surface area contributed by atoms with Crippen LogP contribution in [0.1, 0.15) is 37.4 Å². The van der Waals surface area contributed by atoms with Gasteiger partial charge in [0.25, 0.3) is 5.91 Å². The van der Waals surface area contributed by atoms with E-state index >= 15 is 0 Å². The molecule has 1 aromatic heterocycles. The van der Waals surface area contributed by atoms with Crippen molar-refractivity contribution in [1.29, 1.82) is 0 Å². The summed E-state index contributed by atoms with van der Waals surface area (Å²) in [5.74, 6) is -0.183. The van der Waals surface area contributed by atoms with E-state index < -0.39 is 0 Å². The number of rotatable bonds is 5. The summed E-state index contributed by atoms with van der Waals surface area (Å²) in [5.41, 5.74) is 4.20. The van der Waals surface area contributed by atoms with E-state index in [0.717, 1.165) is 16.7 Å². The Morgan fingerprint density at radius 3 is 2.52 bits per heavy atom. The van der Waals surface area contributed by atoms with E-state index in [-0.39, 0.29) is 11.7 Å². The molecule has 0 aliphatic heterocycles. The lowest BCUT2D eigenvalue weighted by molar-refractivity contribution is 0.0994. The Hall–Kier alpha value is -2.72. The first-order chi connectivity index (χ1) is 12.0. The fourth-order valence-corrected chi connectivity index (χ4v) is 3.53. The van der Waals surface area contributed by atoms with Crippen molar-refractivity contribution >= 4 is 28.0 Å². The zero-order chi connectivity index (χ0) is 17.8. The number of carbonyl (C=O) groups excluding carboxylic acids is 2. The number of aryl methyl sites for hydroxylation is 2. The summed E-state index contributed by atoms with van der Waals surface area (Å²) in [6, 6.07) is 17.1. The molecule has 126 valence electrons. The van der Waals surface area contributed by atoms with Crippen molar-refractivity contribution in [2.75, 3.05) is 5.32 Å². The predicted octanol–water partition coefficient (Wildman–Crippen LogP) is 5.04. The van der Waals surface area contributed by atoms with Crippen LogP contribution in [0, 0.1) is 13.8 Å². The second-order valence-electron chi connectivity index (χ2n) is 6.02. The van der Waals surface area contributed by atoms with E-state index in [1.165, 1.54) is 11.3 Å². The number of thiophene rings is 1. The van der Waals surface area contributed by atoms with Crippen LogP contribution >= 0.6 is 11.3 Å². The normalized spacial score (nSPS) is 10.5. The largest absolute Gasteiger partial charge is 0.313 e. The summed E-state index contributed by atoms with van der Waals surface area (Å²) in [5, 5.41) is 5.32. The summed E-state index contributed by atoms with van der Waals surface area (Å²) in [7, 11) is 0. The summed E-state index contributed by atoms with van der Waals surface area (Å²) >= 11 is 1.37. The average molecular weight is 349 g/mol. The first-order valence-electron chi connectivity index (χ1n) is 8.08. The lowest BCUT2D eigenvalue weighted by atomic mass is 10.0. The molecular weight excluding hydrogens is 330 g/mol. The van der Waals surface area contributed by atoms with Crippen molar-refractivity contribution in [3.05, 3.63) is 87.8 Å². The van der Waals surface area contributed by atoms with Crippen LogP contribution in [0.2, 0.25) is 0 Å². The second-order valence-corrected chi connectivity index (χ2v) is 6.94. The molecule has 0 fully saturated rings. The van der Waals surface area contributed by atoms with Crippen LogP contribution in [0.4, 0.5) is 5.00 Å². The molecule has 0 spiro atoms. The number of hydrogen-bond donors (Lipinski definition) is 1. The number of anilines is 1. The Morgan fingerprint density at radius 2 is 1.76 bits per heavy atom. The number of carbonyl (C=O) groups is 2. The van der Waals surface area contributed by atoms with E-state index in [4.69, 9.17) is 0 Å². The Balaban J connectivity index is 1.77. The van der Waals surface area contributed by atoms with Crippen molar-refractivity contribution in [1.82, 2.24) is 0 Å². The monoisotopic (exact) mass is 349 g/mol. The van der Waals surface area contributed by atoms with Crippen LogP contribution in [0.5, 0.6) is 0 Å². The fourth-order valence-electron chi connectivity index (χ4n) is 2.73. The smallest absolute Gasteiger partial charge is 0.256 e. The van der Waals surface area contributed by atoms with Gasteiger partial charge in [-0.3, -0.25) is 9.59 Å². The molecule has 0 aliphatic rings. The van der Waals surface area contributed by atoms with Crippen LogP contribution in [0.15, 0.2) is 60.0 Å². The highest BCUT2D eigenvalue weighted by Crippen LogP contribution is 2.26. The minimum Gasteiger partial charge on any atom is -0.313 e. The molecule has 0 saturated heterocycles. The van der Waals surface area contributed by atoms with Crippen molar-refractivity contribution in [2.45, 2.75) is 20.3 Å². The maximum Gasteiger partial charge on any atom is 0.256 e. The maximum absolute atomic E-state index is 12.6. The Morgan fingerprint density at radius 1 is 0.960 bits per heavy atom. The molecule has 0 radical (unpaired) electrons. The van der Waals surface area contributed by atoms with E-state index in [9.17, 15) is 9.59 Å². The third kappa shape index (κ3) is 4.03. The lowest BCUT2D eigenvalue weighted by Crippen LogP contribution is -2.15. The molecule has 0 unspecified atom stereocenters. The summed E-state index contributed by atoms with van der Waals surface area (Å²) in [4.78, 5) is 25.1. The van der Waals surface area contributed by atoms with Crippen LogP contribution in [-0.4, -0.2) is 11.7 Å². The Kier molecular flexibility index (Phi) is 5.10. The average Bonchev–Trinajstić information content (AvgIpc) is 3.03. The number of ketones is 1. The molecule has 3 rings (SSSR count). The SMILES string of the molecule is Cc1cccc(CC(=O)c2ccsc2NC(=O)c2ccccc2C)c1. The number of nitrogens with one attached hydrogen (secondary N) is 1. The van der Waals surface area contributed by atoms with Gasteiger partial charge in [-0.25, -0.2) is 0 Å². The summed E-state index contributed by atoms with van der Waals surface area (Å²) in [6.45, 7) is 3.90. The maximum atomic E-state index is 12.6. The molecule has 3 nitrogen and oxygen atoms in total. The molecule has 25 heavy (non-hydrogen) atoms. The van der Waals surface area contributed by atoms with E-state index in [2.05, 4.69) is 5.32 Å². The molecule has 0 atom stereocenters. The fraction of sp³-hybridized carbons (Fsp3) is 0.143. The van der Waals surface area contributed by atoms with Gasteiger partial charge in [-0.2, -0.15) is 0 Å². The highest BCUT2D eigenvalue weighted by molar-refractivity contribution is 7.14. The van der Waals surface area contributed by atoms with Crippen molar-refractivity contribution < 1.29 is 9.59 Å². The lowest BCUT2D eigenvalue weighted by Gasteiger charge is -2.08. The Bertz CT molecular complexity index is 927. The second kappa shape index (κ2) is 7.45. The molecule has 1 N–H and O–H groups in total. The van der Waals surface area contributed by atoms with E-state index in [1.54, 1.807) is 12.1 Å². The third-order valence-corrected chi connectivity index (χ3v) is 4.86. The molecular formula is C21H19NO2S. The van der Waals surface area contributed by atoms with E-state index in [1.807, 2.05) is 61.7 Å². The van der Waals surface area contributed by atoms with Gasteiger partial charge < -0.3 is 5.32 Å². The first kappa shape index (κ1) is 17.1. The van der Waals surface area contributed by atoms with Gasteiger partial charge in [0.2, 0.25) is 0 Å². The van der Waals surface area contributed by atoms with Crippen LogP contribution < -0.4 is 5.32 Å². The number of benzene rings is 2. The summed E-state index contributed by atoms with van der Waals surface area (Å²) in [6.07, 6.45) is 0.325. The van der Waals surface area contributed by atoms with Gasteiger partial charge in [0.05, 0.1) is 5.56 Å². The molecule has 4 heteroatoms. The predicted molar refractivity (Wildman–Crippen MR) is 103 cm³/mol. The van der Waals surface area contributed by atoms with Gasteiger partial charge >= 0.3 is 0 Å². The third-order valence-electron chi connectivity index (χ3n) is 4.03. The van der Waals surface area contributed by atoms with Gasteiger partial charge in [0.15, 0.2) is 5.78 Å². The number of hydrogen-bond acceptors (Lipinski definition) is 3. The Labute approximate surface area is 151 Å². The minimum absolute atomic E-state index is 0.00642. The molecule has 2 aromatic carbocycles. The number of amides is 1. The van der Waals surface area contributed by atoms with Crippen LogP contribution in [-0.2, 0) is 6.42 Å². The quantitative estimate of drug-likeness (QED) is 0.656. The van der Waals surface area contributed by atoms with Gasteiger partial charge in [-0.15, -0.1) is 11.3 Å². The summed E-state index contributed by atoms with van der Waals surface area (Å²) < 4.78 is 0. The van der Waals surface area contributed by atoms with Crippen molar-refractivity contribution in [3.63, 3.8) is 0 Å². The molecule has 1 heterocycles.